The zero-order valence-corrected chi connectivity index (χ0v) is 12.9. The lowest BCUT2D eigenvalue weighted by atomic mass is 10.2. The number of carbonyl (C=O) groups is 2. The van der Waals surface area contributed by atoms with Gasteiger partial charge in [-0.15, -0.1) is 0 Å². The Morgan fingerprint density at radius 1 is 1.04 bits per heavy atom. The molecule has 0 fully saturated rings. The van der Waals surface area contributed by atoms with Gasteiger partial charge in [-0.1, -0.05) is 35.3 Å². The lowest BCUT2D eigenvalue weighted by Gasteiger charge is -2.09. The minimum Gasteiger partial charge on any atom is -0.452 e. The summed E-state index contributed by atoms with van der Waals surface area (Å²) in [5.41, 5.74) is -0.640. The SMILES string of the molecule is O=C(COC(=O)c1c(F)cccc1F)Nc1cccc(Cl)c1Cl. The first-order valence-electron chi connectivity index (χ1n) is 6.25. The Bertz CT molecular complexity index is 748. The Morgan fingerprint density at radius 3 is 2.30 bits per heavy atom. The Kier molecular flexibility index (Phi) is 5.52. The van der Waals surface area contributed by atoms with E-state index < -0.39 is 35.7 Å². The van der Waals surface area contributed by atoms with Crippen molar-refractivity contribution in [2.24, 2.45) is 0 Å². The number of hydrogen-bond donors (Lipinski definition) is 1. The normalized spacial score (nSPS) is 10.3. The second-order valence-corrected chi connectivity index (χ2v) is 5.11. The maximum atomic E-state index is 13.4. The summed E-state index contributed by atoms with van der Waals surface area (Å²) in [5, 5.41) is 2.72. The largest absolute Gasteiger partial charge is 0.452 e. The molecule has 0 aromatic heterocycles. The summed E-state index contributed by atoms with van der Waals surface area (Å²) in [6.07, 6.45) is 0. The third-order valence-electron chi connectivity index (χ3n) is 2.73. The molecule has 2 rings (SSSR count). The van der Waals surface area contributed by atoms with Gasteiger partial charge in [-0.05, 0) is 24.3 Å². The first kappa shape index (κ1) is 17.2. The minimum atomic E-state index is -1.28. The van der Waals surface area contributed by atoms with Crippen molar-refractivity contribution >= 4 is 40.8 Å². The second kappa shape index (κ2) is 7.39. The summed E-state index contributed by atoms with van der Waals surface area (Å²) >= 11 is 11.7. The molecule has 0 saturated heterocycles. The highest BCUT2D eigenvalue weighted by Gasteiger charge is 2.19. The molecule has 2 aromatic rings. The number of hydrogen-bond acceptors (Lipinski definition) is 3. The van der Waals surface area contributed by atoms with Gasteiger partial charge in [0.25, 0.3) is 5.91 Å². The van der Waals surface area contributed by atoms with E-state index in [-0.39, 0.29) is 15.7 Å². The molecule has 0 saturated carbocycles. The number of nitrogens with one attached hydrogen (secondary N) is 1. The number of carbonyl (C=O) groups excluding carboxylic acids is 2. The standard InChI is InChI=1S/C15H9Cl2F2NO3/c16-8-3-1-6-11(14(8)17)20-12(21)7-23-15(22)13-9(18)4-2-5-10(13)19/h1-6H,7H2,(H,20,21). The first-order chi connectivity index (χ1) is 10.9. The van der Waals surface area contributed by atoms with Crippen molar-refractivity contribution in [3.63, 3.8) is 0 Å². The number of esters is 1. The Labute approximate surface area is 140 Å². The van der Waals surface area contributed by atoms with Crippen LogP contribution in [0.25, 0.3) is 0 Å². The first-order valence-corrected chi connectivity index (χ1v) is 7.00. The van der Waals surface area contributed by atoms with Crippen LogP contribution in [0.1, 0.15) is 10.4 Å². The van der Waals surface area contributed by atoms with Crippen molar-refractivity contribution in [1.82, 2.24) is 0 Å². The number of amides is 1. The Hall–Kier alpha value is -2.18. The van der Waals surface area contributed by atoms with Crippen LogP contribution in [0.2, 0.25) is 10.0 Å². The molecule has 0 unspecified atom stereocenters. The summed E-state index contributed by atoms with van der Waals surface area (Å²) in [6, 6.07) is 7.50. The highest BCUT2D eigenvalue weighted by Crippen LogP contribution is 2.29. The molecule has 1 amide bonds. The Morgan fingerprint density at radius 2 is 1.65 bits per heavy atom. The number of halogens is 4. The lowest BCUT2D eigenvalue weighted by molar-refractivity contribution is -0.119. The fourth-order valence-corrected chi connectivity index (χ4v) is 2.03. The molecule has 1 N–H and O–H groups in total. The molecule has 120 valence electrons. The molecular weight excluding hydrogens is 351 g/mol. The summed E-state index contributed by atoms with van der Waals surface area (Å²) in [5.74, 6) is -4.17. The zero-order valence-electron chi connectivity index (χ0n) is 11.4. The van der Waals surface area contributed by atoms with Crippen LogP contribution in [0.4, 0.5) is 14.5 Å². The van der Waals surface area contributed by atoms with E-state index in [1.165, 1.54) is 12.1 Å². The average molecular weight is 360 g/mol. The monoisotopic (exact) mass is 359 g/mol. The fraction of sp³-hybridized carbons (Fsp3) is 0.0667. The number of benzene rings is 2. The predicted molar refractivity (Wildman–Crippen MR) is 81.7 cm³/mol. The predicted octanol–water partition coefficient (Wildman–Crippen LogP) is 4.07. The number of anilines is 1. The van der Waals surface area contributed by atoms with Gasteiger partial charge >= 0.3 is 5.97 Å². The van der Waals surface area contributed by atoms with Gasteiger partial charge < -0.3 is 10.1 Å². The van der Waals surface area contributed by atoms with Crippen molar-refractivity contribution in [1.29, 1.82) is 0 Å². The highest BCUT2D eigenvalue weighted by atomic mass is 35.5. The van der Waals surface area contributed by atoms with Crippen LogP contribution in [0.3, 0.4) is 0 Å². The van der Waals surface area contributed by atoms with Crippen LogP contribution in [0.15, 0.2) is 36.4 Å². The van der Waals surface area contributed by atoms with E-state index in [1.807, 2.05) is 0 Å². The second-order valence-electron chi connectivity index (χ2n) is 4.32. The lowest BCUT2D eigenvalue weighted by Crippen LogP contribution is -2.22. The van der Waals surface area contributed by atoms with Gasteiger partial charge in [0.15, 0.2) is 6.61 Å². The molecule has 23 heavy (non-hydrogen) atoms. The minimum absolute atomic E-state index is 0.119. The van der Waals surface area contributed by atoms with E-state index in [9.17, 15) is 18.4 Å². The van der Waals surface area contributed by atoms with Gasteiger partial charge in [0.1, 0.15) is 17.2 Å². The van der Waals surface area contributed by atoms with Gasteiger partial charge in [0.2, 0.25) is 0 Å². The van der Waals surface area contributed by atoms with Gasteiger partial charge in [-0.3, -0.25) is 4.79 Å². The van der Waals surface area contributed by atoms with Gasteiger partial charge in [-0.2, -0.15) is 0 Å². The quantitative estimate of drug-likeness (QED) is 0.837. The van der Waals surface area contributed by atoms with Gasteiger partial charge in [0.05, 0.1) is 15.7 Å². The molecule has 0 bridgehead atoms. The topological polar surface area (TPSA) is 55.4 Å². The van der Waals surface area contributed by atoms with Crippen molar-refractivity contribution < 1.29 is 23.1 Å². The molecule has 0 aliphatic heterocycles. The molecule has 0 heterocycles. The van der Waals surface area contributed by atoms with Crippen LogP contribution in [0, 0.1) is 11.6 Å². The van der Waals surface area contributed by atoms with Gasteiger partial charge in [0, 0.05) is 0 Å². The van der Waals surface area contributed by atoms with Crippen LogP contribution in [-0.4, -0.2) is 18.5 Å². The fourth-order valence-electron chi connectivity index (χ4n) is 1.68. The number of rotatable bonds is 4. The van der Waals surface area contributed by atoms with Crippen LogP contribution in [-0.2, 0) is 9.53 Å². The van der Waals surface area contributed by atoms with E-state index in [0.29, 0.717) is 0 Å². The molecule has 0 radical (unpaired) electrons. The van der Waals surface area contributed by atoms with Crippen molar-refractivity contribution in [2.75, 3.05) is 11.9 Å². The summed E-state index contributed by atoms with van der Waals surface area (Å²) in [6.45, 7) is -0.741. The molecule has 4 nitrogen and oxygen atoms in total. The van der Waals surface area contributed by atoms with E-state index in [0.717, 1.165) is 18.2 Å². The molecule has 0 atom stereocenters. The molecular formula is C15H9Cl2F2NO3. The third kappa shape index (κ3) is 4.18. The van der Waals surface area contributed by atoms with Crippen LogP contribution < -0.4 is 5.32 Å². The Balaban J connectivity index is 1.99. The summed E-state index contributed by atoms with van der Waals surface area (Å²) < 4.78 is 31.4. The third-order valence-corrected chi connectivity index (χ3v) is 3.55. The zero-order chi connectivity index (χ0) is 17.0. The maximum Gasteiger partial charge on any atom is 0.344 e. The van der Waals surface area contributed by atoms with Crippen molar-refractivity contribution in [3.05, 3.63) is 63.6 Å². The molecule has 0 aliphatic rings. The average Bonchev–Trinajstić information content (AvgIpc) is 2.49. The molecule has 0 spiro atoms. The highest BCUT2D eigenvalue weighted by molar-refractivity contribution is 6.44. The number of ether oxygens (including phenoxy) is 1. The summed E-state index contributed by atoms with van der Waals surface area (Å²) in [7, 11) is 0. The van der Waals surface area contributed by atoms with Crippen molar-refractivity contribution in [2.45, 2.75) is 0 Å². The smallest absolute Gasteiger partial charge is 0.344 e. The van der Waals surface area contributed by atoms with E-state index in [2.05, 4.69) is 10.1 Å². The summed E-state index contributed by atoms with van der Waals surface area (Å²) in [4.78, 5) is 23.3. The van der Waals surface area contributed by atoms with Crippen molar-refractivity contribution in [3.8, 4) is 0 Å². The van der Waals surface area contributed by atoms with Crippen LogP contribution >= 0.6 is 23.2 Å². The van der Waals surface area contributed by atoms with E-state index >= 15 is 0 Å². The molecule has 0 aliphatic carbocycles. The van der Waals surface area contributed by atoms with Crippen LogP contribution in [0.5, 0.6) is 0 Å². The van der Waals surface area contributed by atoms with E-state index in [4.69, 9.17) is 23.2 Å². The van der Waals surface area contributed by atoms with Gasteiger partial charge in [-0.25, -0.2) is 13.6 Å². The molecule has 8 heteroatoms. The molecule has 2 aromatic carbocycles. The maximum absolute atomic E-state index is 13.4. The van der Waals surface area contributed by atoms with E-state index in [1.54, 1.807) is 6.07 Å².